The van der Waals surface area contributed by atoms with Gasteiger partial charge in [-0.1, -0.05) is 57.2 Å². The summed E-state index contributed by atoms with van der Waals surface area (Å²) in [6.45, 7) is 2.12. The van der Waals surface area contributed by atoms with E-state index in [-0.39, 0.29) is 5.91 Å². The first kappa shape index (κ1) is 14.1. The molecule has 0 radical (unpaired) electrons. The molecule has 2 nitrogen and oxygen atoms in total. The van der Waals surface area contributed by atoms with E-state index < -0.39 is 0 Å². The molecule has 1 amide bonds. The number of benzene rings is 1. The molecule has 1 aromatic rings. The lowest BCUT2D eigenvalue weighted by Crippen LogP contribution is -2.15. The Morgan fingerprint density at radius 3 is 2.68 bits per heavy atom. The lowest BCUT2D eigenvalue weighted by molar-refractivity contribution is -0.116. The average molecular weight is 259 g/mol. The summed E-state index contributed by atoms with van der Waals surface area (Å²) in [5.41, 5.74) is 2.20. The second-order valence-electron chi connectivity index (χ2n) is 5.60. The van der Waals surface area contributed by atoms with Crippen LogP contribution >= 0.6 is 0 Å². The maximum atomic E-state index is 12.0. The van der Waals surface area contributed by atoms with Crippen molar-refractivity contribution < 1.29 is 4.79 Å². The van der Waals surface area contributed by atoms with Crippen molar-refractivity contribution in [3.63, 3.8) is 0 Å². The molecule has 1 aliphatic carbocycles. The highest BCUT2D eigenvalue weighted by Gasteiger charge is 2.15. The minimum absolute atomic E-state index is 0.173. The minimum Gasteiger partial charge on any atom is -0.326 e. The highest BCUT2D eigenvalue weighted by Crippen LogP contribution is 2.27. The van der Waals surface area contributed by atoms with Crippen LogP contribution in [0.2, 0.25) is 0 Å². The number of hydrogen-bond acceptors (Lipinski definition) is 1. The van der Waals surface area contributed by atoms with Crippen LogP contribution in [0.5, 0.6) is 0 Å². The summed E-state index contributed by atoms with van der Waals surface area (Å²) >= 11 is 0. The fraction of sp³-hybridized carbons (Fsp3) is 0.588. The molecule has 19 heavy (non-hydrogen) atoms. The van der Waals surface area contributed by atoms with Crippen LogP contribution < -0.4 is 5.32 Å². The molecule has 0 saturated heterocycles. The van der Waals surface area contributed by atoms with Gasteiger partial charge in [0.05, 0.1) is 0 Å². The lowest BCUT2D eigenvalue weighted by Gasteiger charge is -2.21. The van der Waals surface area contributed by atoms with E-state index >= 15 is 0 Å². The van der Waals surface area contributed by atoms with E-state index in [2.05, 4.69) is 18.3 Å². The molecule has 104 valence electrons. The molecule has 1 fully saturated rings. The molecular formula is C17H25NO. The fourth-order valence-corrected chi connectivity index (χ4v) is 2.97. The molecule has 1 aliphatic rings. The number of nitrogens with one attached hydrogen (secondary N) is 1. The molecule has 0 aliphatic heterocycles. The van der Waals surface area contributed by atoms with Crippen LogP contribution in [0.25, 0.3) is 0 Å². The van der Waals surface area contributed by atoms with Crippen molar-refractivity contribution >= 4 is 11.6 Å². The first-order valence-electron chi connectivity index (χ1n) is 7.67. The molecule has 0 heterocycles. The van der Waals surface area contributed by atoms with Gasteiger partial charge in [0.1, 0.15) is 0 Å². The van der Waals surface area contributed by atoms with Gasteiger partial charge in [-0.15, -0.1) is 0 Å². The monoisotopic (exact) mass is 259 g/mol. The zero-order chi connectivity index (χ0) is 13.5. The van der Waals surface area contributed by atoms with Gasteiger partial charge in [0, 0.05) is 12.1 Å². The largest absolute Gasteiger partial charge is 0.326 e. The van der Waals surface area contributed by atoms with Crippen LogP contribution in [0.3, 0.4) is 0 Å². The Hall–Kier alpha value is -1.31. The Kier molecular flexibility index (Phi) is 5.44. The zero-order valence-electron chi connectivity index (χ0n) is 12.0. The van der Waals surface area contributed by atoms with Crippen LogP contribution in [0, 0.1) is 5.92 Å². The smallest absolute Gasteiger partial charge is 0.224 e. The zero-order valence-corrected chi connectivity index (χ0v) is 12.0. The van der Waals surface area contributed by atoms with E-state index in [9.17, 15) is 4.79 Å². The SMILES string of the molecule is CCc1ccccc1NC(=O)CCC1CCCCC1. The van der Waals surface area contributed by atoms with Gasteiger partial charge < -0.3 is 5.32 Å². The Balaban J connectivity index is 1.80. The Labute approximate surface area is 116 Å². The van der Waals surface area contributed by atoms with Gasteiger partial charge in [-0.25, -0.2) is 0 Å². The number of amides is 1. The van der Waals surface area contributed by atoms with Gasteiger partial charge in [-0.05, 0) is 30.4 Å². The van der Waals surface area contributed by atoms with Gasteiger partial charge in [0.25, 0.3) is 0 Å². The molecule has 0 aromatic heterocycles. The van der Waals surface area contributed by atoms with E-state index in [1.165, 1.54) is 37.7 Å². The molecule has 1 N–H and O–H groups in total. The van der Waals surface area contributed by atoms with E-state index in [1.807, 2.05) is 18.2 Å². The summed E-state index contributed by atoms with van der Waals surface area (Å²) in [5, 5.41) is 3.06. The third kappa shape index (κ3) is 4.38. The van der Waals surface area contributed by atoms with Gasteiger partial charge in [-0.3, -0.25) is 4.79 Å². The van der Waals surface area contributed by atoms with Gasteiger partial charge in [0.2, 0.25) is 5.91 Å². The molecule has 0 atom stereocenters. The van der Waals surface area contributed by atoms with E-state index in [0.717, 1.165) is 24.4 Å². The number of anilines is 1. The van der Waals surface area contributed by atoms with Crippen molar-refractivity contribution in [1.82, 2.24) is 0 Å². The van der Waals surface area contributed by atoms with Crippen LogP contribution in [0.15, 0.2) is 24.3 Å². The maximum Gasteiger partial charge on any atom is 0.224 e. The van der Waals surface area contributed by atoms with Gasteiger partial charge in [0.15, 0.2) is 0 Å². The van der Waals surface area contributed by atoms with Crippen molar-refractivity contribution in [3.05, 3.63) is 29.8 Å². The number of hydrogen-bond donors (Lipinski definition) is 1. The Morgan fingerprint density at radius 1 is 1.21 bits per heavy atom. The van der Waals surface area contributed by atoms with Crippen LogP contribution in [0.1, 0.15) is 57.4 Å². The van der Waals surface area contributed by atoms with E-state index in [0.29, 0.717) is 6.42 Å². The van der Waals surface area contributed by atoms with Crippen LogP contribution in [-0.4, -0.2) is 5.91 Å². The number of carbonyl (C=O) groups is 1. The quantitative estimate of drug-likeness (QED) is 0.826. The molecule has 1 saturated carbocycles. The molecule has 1 aromatic carbocycles. The summed E-state index contributed by atoms with van der Waals surface area (Å²) in [4.78, 5) is 12.0. The Morgan fingerprint density at radius 2 is 1.95 bits per heavy atom. The normalized spacial score (nSPS) is 16.3. The molecule has 0 unspecified atom stereocenters. The van der Waals surface area contributed by atoms with Crippen molar-refractivity contribution in [3.8, 4) is 0 Å². The van der Waals surface area contributed by atoms with Crippen LogP contribution in [0.4, 0.5) is 5.69 Å². The van der Waals surface area contributed by atoms with Crippen molar-refractivity contribution in [1.29, 1.82) is 0 Å². The average Bonchev–Trinajstić information content (AvgIpc) is 2.47. The van der Waals surface area contributed by atoms with Crippen molar-refractivity contribution in [2.75, 3.05) is 5.32 Å². The molecule has 2 rings (SSSR count). The van der Waals surface area contributed by atoms with Crippen molar-refractivity contribution in [2.24, 2.45) is 5.92 Å². The standard InChI is InChI=1S/C17H25NO/c1-2-15-10-6-7-11-16(15)18-17(19)13-12-14-8-4-3-5-9-14/h6-7,10-11,14H,2-5,8-9,12-13H2,1H3,(H,18,19). The van der Waals surface area contributed by atoms with Crippen LogP contribution in [-0.2, 0) is 11.2 Å². The highest BCUT2D eigenvalue weighted by molar-refractivity contribution is 5.91. The highest BCUT2D eigenvalue weighted by atomic mass is 16.1. The molecule has 0 bridgehead atoms. The van der Waals surface area contributed by atoms with E-state index in [1.54, 1.807) is 0 Å². The predicted octanol–water partition coefficient (Wildman–Crippen LogP) is 4.55. The number of para-hydroxylation sites is 1. The maximum absolute atomic E-state index is 12.0. The number of aryl methyl sites for hydroxylation is 1. The lowest BCUT2D eigenvalue weighted by atomic mass is 9.86. The fourth-order valence-electron chi connectivity index (χ4n) is 2.97. The number of carbonyl (C=O) groups excluding carboxylic acids is 1. The third-order valence-electron chi connectivity index (χ3n) is 4.18. The molecular weight excluding hydrogens is 234 g/mol. The summed E-state index contributed by atoms with van der Waals surface area (Å²) in [6, 6.07) is 8.08. The number of rotatable bonds is 5. The summed E-state index contributed by atoms with van der Waals surface area (Å²) in [7, 11) is 0. The summed E-state index contributed by atoms with van der Waals surface area (Å²) in [5.74, 6) is 0.951. The summed E-state index contributed by atoms with van der Waals surface area (Å²) in [6.07, 6.45) is 9.40. The second kappa shape index (κ2) is 7.32. The Bertz CT molecular complexity index is 407. The van der Waals surface area contributed by atoms with Crippen molar-refractivity contribution in [2.45, 2.75) is 58.3 Å². The van der Waals surface area contributed by atoms with Gasteiger partial charge >= 0.3 is 0 Å². The van der Waals surface area contributed by atoms with E-state index in [4.69, 9.17) is 0 Å². The van der Waals surface area contributed by atoms with Gasteiger partial charge in [-0.2, -0.15) is 0 Å². The predicted molar refractivity (Wildman–Crippen MR) is 80.3 cm³/mol. The molecule has 2 heteroatoms. The summed E-state index contributed by atoms with van der Waals surface area (Å²) < 4.78 is 0. The first-order valence-corrected chi connectivity index (χ1v) is 7.67. The molecule has 0 spiro atoms. The topological polar surface area (TPSA) is 29.1 Å². The second-order valence-corrected chi connectivity index (χ2v) is 5.60. The third-order valence-corrected chi connectivity index (χ3v) is 4.18. The minimum atomic E-state index is 0.173. The first-order chi connectivity index (χ1) is 9.29.